The van der Waals surface area contributed by atoms with E-state index in [0.29, 0.717) is 13.0 Å². The molecule has 60 valence electrons. The van der Waals surface area contributed by atoms with Crippen molar-refractivity contribution in [2.24, 2.45) is 5.41 Å². The third-order valence-corrected chi connectivity index (χ3v) is 1.37. The molecular weight excluding hydrogens is 128 g/mol. The Bertz CT molecular complexity index is 111. The van der Waals surface area contributed by atoms with E-state index in [1.807, 2.05) is 20.8 Å². The number of ketones is 1. The van der Waals surface area contributed by atoms with Crippen molar-refractivity contribution in [3.05, 3.63) is 0 Å². The summed E-state index contributed by atoms with van der Waals surface area (Å²) >= 11 is 0. The average molecular weight is 144 g/mol. The zero-order valence-electron chi connectivity index (χ0n) is 7.23. The fourth-order valence-electron chi connectivity index (χ4n) is 0.570. The summed E-state index contributed by atoms with van der Waals surface area (Å²) < 4.78 is 4.79. The molecule has 0 unspecified atom stereocenters. The topological polar surface area (TPSA) is 26.3 Å². The molecule has 0 rings (SSSR count). The van der Waals surface area contributed by atoms with E-state index < -0.39 is 0 Å². The molecule has 0 saturated heterocycles. The van der Waals surface area contributed by atoms with Crippen molar-refractivity contribution in [3.63, 3.8) is 0 Å². The third-order valence-electron chi connectivity index (χ3n) is 1.37. The SMILES string of the molecule is COCCC(=O)C(C)(C)C. The van der Waals surface area contributed by atoms with Crippen LogP contribution in [0.4, 0.5) is 0 Å². The van der Waals surface area contributed by atoms with Crippen LogP contribution in [-0.2, 0) is 9.53 Å². The van der Waals surface area contributed by atoms with Gasteiger partial charge in [0.15, 0.2) is 0 Å². The van der Waals surface area contributed by atoms with E-state index in [1.54, 1.807) is 7.11 Å². The minimum atomic E-state index is -0.210. The van der Waals surface area contributed by atoms with Crippen molar-refractivity contribution >= 4 is 5.78 Å². The fourth-order valence-corrected chi connectivity index (χ4v) is 0.570. The smallest absolute Gasteiger partial charge is 0.140 e. The predicted octanol–water partition coefficient (Wildman–Crippen LogP) is 1.64. The molecule has 0 bridgehead atoms. The van der Waals surface area contributed by atoms with E-state index in [9.17, 15) is 4.79 Å². The zero-order valence-corrected chi connectivity index (χ0v) is 7.23. The summed E-state index contributed by atoms with van der Waals surface area (Å²) in [5.41, 5.74) is -0.210. The standard InChI is InChI=1S/C8H16O2/c1-8(2,3)7(9)5-6-10-4/h5-6H2,1-4H3. The summed E-state index contributed by atoms with van der Waals surface area (Å²) in [7, 11) is 1.61. The first kappa shape index (κ1) is 9.63. The lowest BCUT2D eigenvalue weighted by molar-refractivity contribution is -0.127. The Morgan fingerprint density at radius 2 is 1.90 bits per heavy atom. The van der Waals surface area contributed by atoms with Gasteiger partial charge in [0, 0.05) is 18.9 Å². The van der Waals surface area contributed by atoms with E-state index in [1.165, 1.54) is 0 Å². The second-order valence-electron chi connectivity index (χ2n) is 3.42. The highest BCUT2D eigenvalue weighted by atomic mass is 16.5. The quantitative estimate of drug-likeness (QED) is 0.602. The Kier molecular flexibility index (Phi) is 3.58. The van der Waals surface area contributed by atoms with Crippen molar-refractivity contribution in [3.8, 4) is 0 Å². The molecule has 0 amide bonds. The number of ether oxygens (including phenoxy) is 1. The van der Waals surface area contributed by atoms with Gasteiger partial charge in [0.25, 0.3) is 0 Å². The zero-order chi connectivity index (χ0) is 8.20. The van der Waals surface area contributed by atoms with Crippen LogP contribution in [0.2, 0.25) is 0 Å². The van der Waals surface area contributed by atoms with Gasteiger partial charge in [-0.2, -0.15) is 0 Å². The number of Topliss-reactive ketones (excluding diaryl/α,β-unsaturated/α-hetero) is 1. The van der Waals surface area contributed by atoms with Crippen LogP contribution < -0.4 is 0 Å². The maximum Gasteiger partial charge on any atom is 0.140 e. The number of carbonyl (C=O) groups excluding carboxylic acids is 1. The molecule has 0 heterocycles. The molecule has 0 spiro atoms. The minimum Gasteiger partial charge on any atom is -0.384 e. The van der Waals surface area contributed by atoms with Gasteiger partial charge < -0.3 is 4.74 Å². The molecule has 0 radical (unpaired) electrons. The van der Waals surface area contributed by atoms with Crippen LogP contribution in [0.25, 0.3) is 0 Å². The van der Waals surface area contributed by atoms with Crippen molar-refractivity contribution in [2.45, 2.75) is 27.2 Å². The molecule has 0 aliphatic carbocycles. The summed E-state index contributed by atoms with van der Waals surface area (Å²) in [5, 5.41) is 0. The summed E-state index contributed by atoms with van der Waals surface area (Å²) in [4.78, 5) is 11.1. The highest BCUT2D eigenvalue weighted by molar-refractivity contribution is 5.83. The lowest BCUT2D eigenvalue weighted by atomic mass is 9.89. The largest absolute Gasteiger partial charge is 0.384 e. The van der Waals surface area contributed by atoms with Gasteiger partial charge in [-0.05, 0) is 0 Å². The maximum atomic E-state index is 11.1. The van der Waals surface area contributed by atoms with Crippen LogP contribution in [0.1, 0.15) is 27.2 Å². The lowest BCUT2D eigenvalue weighted by Crippen LogP contribution is -2.21. The summed E-state index contributed by atoms with van der Waals surface area (Å²) in [6.45, 7) is 6.30. The molecule has 2 heteroatoms. The summed E-state index contributed by atoms with van der Waals surface area (Å²) in [6, 6.07) is 0. The van der Waals surface area contributed by atoms with Crippen LogP contribution in [-0.4, -0.2) is 19.5 Å². The summed E-state index contributed by atoms with van der Waals surface area (Å²) in [5.74, 6) is 0.259. The number of carbonyl (C=O) groups is 1. The molecule has 0 aromatic rings. The highest BCUT2D eigenvalue weighted by Crippen LogP contribution is 2.16. The van der Waals surface area contributed by atoms with Crippen molar-refractivity contribution in [1.29, 1.82) is 0 Å². The normalized spacial score (nSPS) is 11.6. The predicted molar refractivity (Wildman–Crippen MR) is 41.0 cm³/mol. The summed E-state index contributed by atoms with van der Waals surface area (Å²) in [6.07, 6.45) is 0.528. The molecule has 10 heavy (non-hydrogen) atoms. The second kappa shape index (κ2) is 3.71. The molecule has 0 N–H and O–H groups in total. The third kappa shape index (κ3) is 3.62. The van der Waals surface area contributed by atoms with Crippen LogP contribution in [0.15, 0.2) is 0 Å². The van der Waals surface area contributed by atoms with Gasteiger partial charge in [0.2, 0.25) is 0 Å². The van der Waals surface area contributed by atoms with E-state index in [-0.39, 0.29) is 11.2 Å². The minimum absolute atomic E-state index is 0.210. The van der Waals surface area contributed by atoms with E-state index in [4.69, 9.17) is 4.74 Å². The Labute approximate surface area is 62.6 Å². The molecule has 0 saturated carbocycles. The van der Waals surface area contributed by atoms with Crippen molar-refractivity contribution < 1.29 is 9.53 Å². The molecule has 0 aromatic heterocycles. The van der Waals surface area contributed by atoms with Gasteiger partial charge in [0.1, 0.15) is 5.78 Å². The molecular formula is C8H16O2. The molecule has 0 atom stereocenters. The Morgan fingerprint density at radius 1 is 1.40 bits per heavy atom. The monoisotopic (exact) mass is 144 g/mol. The van der Waals surface area contributed by atoms with E-state index >= 15 is 0 Å². The van der Waals surface area contributed by atoms with E-state index in [0.717, 1.165) is 0 Å². The van der Waals surface area contributed by atoms with Crippen LogP contribution in [0, 0.1) is 5.41 Å². The molecule has 0 aromatic carbocycles. The van der Waals surface area contributed by atoms with Gasteiger partial charge in [0.05, 0.1) is 6.61 Å². The Morgan fingerprint density at radius 3 is 2.20 bits per heavy atom. The van der Waals surface area contributed by atoms with Gasteiger partial charge in [-0.25, -0.2) is 0 Å². The first-order valence-electron chi connectivity index (χ1n) is 3.50. The van der Waals surface area contributed by atoms with Crippen LogP contribution in [0.3, 0.4) is 0 Å². The Hall–Kier alpha value is -0.370. The van der Waals surface area contributed by atoms with Gasteiger partial charge in [-0.1, -0.05) is 20.8 Å². The number of hydrogen-bond acceptors (Lipinski definition) is 2. The molecule has 0 fully saturated rings. The van der Waals surface area contributed by atoms with Crippen molar-refractivity contribution in [2.75, 3.05) is 13.7 Å². The molecule has 0 aliphatic rings. The van der Waals surface area contributed by atoms with E-state index in [2.05, 4.69) is 0 Å². The maximum absolute atomic E-state index is 11.1. The van der Waals surface area contributed by atoms with Crippen LogP contribution >= 0.6 is 0 Å². The number of rotatable bonds is 3. The lowest BCUT2D eigenvalue weighted by Gasteiger charge is -2.15. The van der Waals surface area contributed by atoms with Gasteiger partial charge >= 0.3 is 0 Å². The molecule has 0 aliphatic heterocycles. The van der Waals surface area contributed by atoms with Crippen LogP contribution in [0.5, 0.6) is 0 Å². The number of methoxy groups -OCH3 is 1. The first-order chi connectivity index (χ1) is 4.48. The highest BCUT2D eigenvalue weighted by Gasteiger charge is 2.19. The van der Waals surface area contributed by atoms with Crippen molar-refractivity contribution in [1.82, 2.24) is 0 Å². The fraction of sp³-hybridized carbons (Fsp3) is 0.875. The second-order valence-corrected chi connectivity index (χ2v) is 3.42. The number of hydrogen-bond donors (Lipinski definition) is 0. The first-order valence-corrected chi connectivity index (χ1v) is 3.50. The van der Waals surface area contributed by atoms with Gasteiger partial charge in [-0.3, -0.25) is 4.79 Å². The Balaban J connectivity index is 3.64. The van der Waals surface area contributed by atoms with Gasteiger partial charge in [-0.15, -0.1) is 0 Å². The average Bonchev–Trinajstić information content (AvgIpc) is 1.80. The molecule has 2 nitrogen and oxygen atoms in total.